The lowest BCUT2D eigenvalue weighted by Gasteiger charge is -2.24. The molecule has 0 heterocycles. The minimum Gasteiger partial charge on any atom is -0.379 e. The van der Waals surface area contributed by atoms with Gasteiger partial charge in [-0.3, -0.25) is 0 Å². The zero-order valence-corrected chi connectivity index (χ0v) is 8.62. The van der Waals surface area contributed by atoms with Crippen LogP contribution in [0.4, 0.5) is 0 Å². The highest BCUT2D eigenvalue weighted by molar-refractivity contribution is 5.38. The van der Waals surface area contributed by atoms with Crippen molar-refractivity contribution in [3.05, 3.63) is 35.4 Å². The molecule has 1 aromatic rings. The number of nitrogens with two attached hydrogens (primary N) is 1. The van der Waals surface area contributed by atoms with Crippen molar-refractivity contribution in [1.82, 2.24) is 0 Å². The molecule has 0 bridgehead atoms. The van der Waals surface area contributed by atoms with E-state index in [-0.39, 0.29) is 5.54 Å². The number of ether oxygens (including phenoxy) is 1. The SMILES string of the molecule is CCOCC1(N)CCc2ccccc21. The van der Waals surface area contributed by atoms with Gasteiger partial charge in [-0.05, 0) is 30.9 Å². The van der Waals surface area contributed by atoms with Gasteiger partial charge in [0.15, 0.2) is 0 Å². The fraction of sp³-hybridized carbons (Fsp3) is 0.500. The molecule has 1 unspecified atom stereocenters. The summed E-state index contributed by atoms with van der Waals surface area (Å²) in [7, 11) is 0. The standard InChI is InChI=1S/C12H17NO/c1-2-14-9-12(13)8-7-10-5-3-4-6-11(10)12/h3-6H,2,7-9,13H2,1H3. The number of aryl methyl sites for hydroxylation is 1. The highest BCUT2D eigenvalue weighted by atomic mass is 16.5. The molecule has 1 atom stereocenters. The van der Waals surface area contributed by atoms with Crippen LogP contribution in [0.3, 0.4) is 0 Å². The predicted octanol–water partition coefficient (Wildman–Crippen LogP) is 1.82. The zero-order chi connectivity index (χ0) is 10.0. The van der Waals surface area contributed by atoms with Gasteiger partial charge in [-0.25, -0.2) is 0 Å². The minimum absolute atomic E-state index is 0.243. The Bertz CT molecular complexity index is 324. The van der Waals surface area contributed by atoms with Gasteiger partial charge in [0.05, 0.1) is 12.1 Å². The molecular weight excluding hydrogens is 174 g/mol. The summed E-state index contributed by atoms with van der Waals surface area (Å²) in [4.78, 5) is 0. The maximum Gasteiger partial charge on any atom is 0.0688 e. The number of rotatable bonds is 3. The van der Waals surface area contributed by atoms with Crippen molar-refractivity contribution in [3.8, 4) is 0 Å². The molecule has 1 aliphatic rings. The van der Waals surface area contributed by atoms with Gasteiger partial charge in [-0.2, -0.15) is 0 Å². The first-order valence-corrected chi connectivity index (χ1v) is 5.21. The minimum atomic E-state index is -0.243. The van der Waals surface area contributed by atoms with Gasteiger partial charge in [0.1, 0.15) is 0 Å². The van der Waals surface area contributed by atoms with Crippen molar-refractivity contribution in [3.63, 3.8) is 0 Å². The largest absolute Gasteiger partial charge is 0.379 e. The van der Waals surface area contributed by atoms with E-state index in [0.29, 0.717) is 6.61 Å². The molecule has 2 N–H and O–H groups in total. The van der Waals surface area contributed by atoms with Gasteiger partial charge in [-0.1, -0.05) is 24.3 Å². The molecule has 0 amide bonds. The van der Waals surface area contributed by atoms with Crippen LogP contribution in [-0.2, 0) is 16.7 Å². The average Bonchev–Trinajstić information content (AvgIpc) is 2.55. The lowest BCUT2D eigenvalue weighted by atomic mass is 9.94. The van der Waals surface area contributed by atoms with Crippen molar-refractivity contribution in [2.45, 2.75) is 25.3 Å². The molecule has 0 aliphatic heterocycles. The van der Waals surface area contributed by atoms with E-state index in [2.05, 4.69) is 24.3 Å². The quantitative estimate of drug-likeness (QED) is 0.791. The first-order valence-electron chi connectivity index (χ1n) is 5.21. The summed E-state index contributed by atoms with van der Waals surface area (Å²) >= 11 is 0. The Kier molecular flexibility index (Phi) is 2.57. The lowest BCUT2D eigenvalue weighted by Crippen LogP contribution is -2.39. The molecule has 2 rings (SSSR count). The van der Waals surface area contributed by atoms with E-state index in [1.54, 1.807) is 0 Å². The molecule has 0 aromatic heterocycles. The fourth-order valence-corrected chi connectivity index (χ4v) is 2.15. The van der Waals surface area contributed by atoms with Crippen LogP contribution in [0.2, 0.25) is 0 Å². The van der Waals surface area contributed by atoms with Crippen molar-refractivity contribution in [1.29, 1.82) is 0 Å². The summed E-state index contributed by atoms with van der Waals surface area (Å²) in [5.74, 6) is 0. The summed E-state index contributed by atoms with van der Waals surface area (Å²) in [6, 6.07) is 8.42. The van der Waals surface area contributed by atoms with Crippen LogP contribution < -0.4 is 5.73 Å². The highest BCUT2D eigenvalue weighted by Crippen LogP contribution is 2.34. The molecule has 76 valence electrons. The number of fused-ring (bicyclic) bond motifs is 1. The van der Waals surface area contributed by atoms with Crippen LogP contribution in [-0.4, -0.2) is 13.2 Å². The Balaban J connectivity index is 2.23. The molecule has 0 saturated heterocycles. The monoisotopic (exact) mass is 191 g/mol. The molecule has 2 nitrogen and oxygen atoms in total. The third kappa shape index (κ3) is 1.56. The molecule has 0 fully saturated rings. The second-order valence-corrected chi connectivity index (χ2v) is 3.95. The summed E-state index contributed by atoms with van der Waals surface area (Å²) in [6.45, 7) is 3.38. The fourth-order valence-electron chi connectivity index (χ4n) is 2.15. The Morgan fingerprint density at radius 1 is 1.43 bits per heavy atom. The first-order chi connectivity index (χ1) is 6.76. The van der Waals surface area contributed by atoms with Crippen LogP contribution >= 0.6 is 0 Å². The maximum absolute atomic E-state index is 6.33. The maximum atomic E-state index is 6.33. The van der Waals surface area contributed by atoms with Crippen LogP contribution in [0, 0.1) is 0 Å². The second kappa shape index (κ2) is 3.71. The van der Waals surface area contributed by atoms with Gasteiger partial charge in [0, 0.05) is 6.61 Å². The molecule has 1 aromatic carbocycles. The number of hydrogen-bond donors (Lipinski definition) is 1. The molecule has 0 spiro atoms. The Labute approximate surface area is 85.1 Å². The third-order valence-corrected chi connectivity index (χ3v) is 2.96. The Hall–Kier alpha value is -0.860. The zero-order valence-electron chi connectivity index (χ0n) is 8.62. The average molecular weight is 191 g/mol. The van der Waals surface area contributed by atoms with Crippen molar-refractivity contribution in [2.75, 3.05) is 13.2 Å². The lowest BCUT2D eigenvalue weighted by molar-refractivity contribution is 0.0940. The summed E-state index contributed by atoms with van der Waals surface area (Å²) in [5, 5.41) is 0. The Morgan fingerprint density at radius 3 is 3.00 bits per heavy atom. The predicted molar refractivity (Wildman–Crippen MR) is 57.1 cm³/mol. The second-order valence-electron chi connectivity index (χ2n) is 3.95. The summed E-state index contributed by atoms with van der Waals surface area (Å²) < 4.78 is 5.45. The van der Waals surface area contributed by atoms with Crippen LogP contribution in [0.1, 0.15) is 24.5 Å². The molecular formula is C12H17NO. The van der Waals surface area contributed by atoms with E-state index in [1.807, 2.05) is 6.92 Å². The first kappa shape index (κ1) is 9.69. The van der Waals surface area contributed by atoms with Gasteiger partial charge in [0.2, 0.25) is 0 Å². The third-order valence-electron chi connectivity index (χ3n) is 2.96. The number of benzene rings is 1. The Morgan fingerprint density at radius 2 is 2.21 bits per heavy atom. The molecule has 2 heteroatoms. The van der Waals surface area contributed by atoms with Crippen LogP contribution in [0.5, 0.6) is 0 Å². The smallest absolute Gasteiger partial charge is 0.0688 e. The van der Waals surface area contributed by atoms with Gasteiger partial charge >= 0.3 is 0 Å². The normalized spacial score (nSPS) is 25.0. The summed E-state index contributed by atoms with van der Waals surface area (Å²) in [5.41, 5.74) is 8.74. The number of hydrogen-bond acceptors (Lipinski definition) is 2. The van der Waals surface area contributed by atoms with E-state index < -0.39 is 0 Å². The topological polar surface area (TPSA) is 35.2 Å². The van der Waals surface area contributed by atoms with E-state index >= 15 is 0 Å². The van der Waals surface area contributed by atoms with Gasteiger partial charge in [-0.15, -0.1) is 0 Å². The molecule has 1 aliphatic carbocycles. The summed E-state index contributed by atoms with van der Waals surface area (Å²) in [6.07, 6.45) is 2.09. The highest BCUT2D eigenvalue weighted by Gasteiger charge is 2.34. The van der Waals surface area contributed by atoms with E-state index in [9.17, 15) is 0 Å². The van der Waals surface area contributed by atoms with E-state index in [1.165, 1.54) is 11.1 Å². The van der Waals surface area contributed by atoms with Crippen molar-refractivity contribution < 1.29 is 4.74 Å². The molecule has 0 saturated carbocycles. The molecule has 0 radical (unpaired) electrons. The molecule has 14 heavy (non-hydrogen) atoms. The van der Waals surface area contributed by atoms with E-state index in [0.717, 1.165) is 19.4 Å². The van der Waals surface area contributed by atoms with Crippen LogP contribution in [0.15, 0.2) is 24.3 Å². The van der Waals surface area contributed by atoms with Crippen LogP contribution in [0.25, 0.3) is 0 Å². The van der Waals surface area contributed by atoms with Gasteiger partial charge < -0.3 is 10.5 Å². The van der Waals surface area contributed by atoms with Gasteiger partial charge in [0.25, 0.3) is 0 Å². The van der Waals surface area contributed by atoms with Crippen molar-refractivity contribution >= 4 is 0 Å². The van der Waals surface area contributed by atoms with E-state index in [4.69, 9.17) is 10.5 Å². The van der Waals surface area contributed by atoms with Crippen molar-refractivity contribution in [2.24, 2.45) is 5.73 Å².